The Morgan fingerprint density at radius 3 is 2.90 bits per heavy atom. The van der Waals surface area contributed by atoms with E-state index in [0.717, 1.165) is 36.2 Å². The van der Waals surface area contributed by atoms with E-state index in [9.17, 15) is 4.79 Å². The standard InChI is InChI=1S/C15H24BrN3O/c1-3-8-19(11-13-6-4-5-7-17-13)15(20)14-9-12(16)10-18(14)2/h9-10,13,17H,3-8,11H2,1-2H3. The van der Waals surface area contributed by atoms with Crippen LogP contribution in [0.25, 0.3) is 0 Å². The molecule has 0 bridgehead atoms. The Labute approximate surface area is 129 Å². The highest BCUT2D eigenvalue weighted by Gasteiger charge is 2.22. The molecule has 2 heterocycles. The van der Waals surface area contributed by atoms with Crippen LogP contribution in [-0.2, 0) is 7.05 Å². The van der Waals surface area contributed by atoms with Crippen molar-refractivity contribution in [2.45, 2.75) is 38.6 Å². The van der Waals surface area contributed by atoms with Crippen LogP contribution in [0, 0.1) is 0 Å². The van der Waals surface area contributed by atoms with E-state index >= 15 is 0 Å². The lowest BCUT2D eigenvalue weighted by Gasteiger charge is -2.30. The molecule has 1 fully saturated rings. The number of hydrogen-bond acceptors (Lipinski definition) is 2. The minimum absolute atomic E-state index is 0.132. The Kier molecular flexibility index (Phi) is 5.66. The average Bonchev–Trinajstić information content (AvgIpc) is 2.77. The molecule has 1 aromatic heterocycles. The Hall–Kier alpha value is -0.810. The maximum atomic E-state index is 12.7. The molecular formula is C15H24BrN3O. The van der Waals surface area contributed by atoms with E-state index in [4.69, 9.17) is 0 Å². The summed E-state index contributed by atoms with van der Waals surface area (Å²) in [4.78, 5) is 14.7. The second-order valence-electron chi connectivity index (χ2n) is 5.55. The van der Waals surface area contributed by atoms with Crippen molar-refractivity contribution in [3.8, 4) is 0 Å². The van der Waals surface area contributed by atoms with Crippen LogP contribution in [-0.4, -0.2) is 41.1 Å². The number of nitrogens with one attached hydrogen (secondary N) is 1. The van der Waals surface area contributed by atoms with Crippen LogP contribution in [0.1, 0.15) is 43.1 Å². The van der Waals surface area contributed by atoms with E-state index in [0.29, 0.717) is 6.04 Å². The maximum absolute atomic E-state index is 12.7. The van der Waals surface area contributed by atoms with Gasteiger partial charge in [0.1, 0.15) is 5.69 Å². The summed E-state index contributed by atoms with van der Waals surface area (Å²) in [6, 6.07) is 2.35. The van der Waals surface area contributed by atoms with E-state index in [-0.39, 0.29) is 5.91 Å². The molecule has 1 aliphatic rings. The number of halogens is 1. The molecule has 20 heavy (non-hydrogen) atoms. The van der Waals surface area contributed by atoms with Gasteiger partial charge in [-0.15, -0.1) is 0 Å². The summed E-state index contributed by atoms with van der Waals surface area (Å²) in [5.74, 6) is 0.132. The second kappa shape index (κ2) is 7.27. The highest BCUT2D eigenvalue weighted by molar-refractivity contribution is 9.10. The first-order valence-corrected chi connectivity index (χ1v) is 8.25. The Morgan fingerprint density at radius 1 is 1.55 bits per heavy atom. The van der Waals surface area contributed by atoms with E-state index in [1.807, 2.05) is 28.8 Å². The van der Waals surface area contributed by atoms with E-state index in [2.05, 4.69) is 28.2 Å². The predicted molar refractivity (Wildman–Crippen MR) is 84.9 cm³/mol. The molecule has 1 aromatic rings. The second-order valence-corrected chi connectivity index (χ2v) is 6.47. The van der Waals surface area contributed by atoms with Gasteiger partial charge in [-0.05, 0) is 47.8 Å². The lowest BCUT2D eigenvalue weighted by atomic mass is 10.0. The molecule has 2 rings (SSSR count). The van der Waals surface area contributed by atoms with E-state index in [1.165, 1.54) is 19.3 Å². The van der Waals surface area contributed by atoms with Crippen LogP contribution in [0.15, 0.2) is 16.7 Å². The van der Waals surface area contributed by atoms with Gasteiger partial charge in [-0.3, -0.25) is 4.79 Å². The number of hydrogen-bond donors (Lipinski definition) is 1. The summed E-state index contributed by atoms with van der Waals surface area (Å²) < 4.78 is 2.85. The summed E-state index contributed by atoms with van der Waals surface area (Å²) >= 11 is 3.43. The highest BCUT2D eigenvalue weighted by Crippen LogP contribution is 2.17. The van der Waals surface area contributed by atoms with Gasteiger partial charge in [0.05, 0.1) is 0 Å². The van der Waals surface area contributed by atoms with Crippen LogP contribution in [0.2, 0.25) is 0 Å². The predicted octanol–water partition coefficient (Wildman–Crippen LogP) is 2.78. The molecule has 1 unspecified atom stereocenters. The van der Waals surface area contributed by atoms with Crippen molar-refractivity contribution in [1.29, 1.82) is 0 Å². The summed E-state index contributed by atoms with van der Waals surface area (Å²) in [5.41, 5.74) is 0.751. The summed E-state index contributed by atoms with van der Waals surface area (Å²) in [5, 5.41) is 3.52. The lowest BCUT2D eigenvalue weighted by Crippen LogP contribution is -2.46. The van der Waals surface area contributed by atoms with E-state index < -0.39 is 0 Å². The highest BCUT2D eigenvalue weighted by atomic mass is 79.9. The number of piperidine rings is 1. The van der Waals surface area contributed by atoms with Crippen molar-refractivity contribution in [3.05, 3.63) is 22.4 Å². The van der Waals surface area contributed by atoms with Crippen molar-refractivity contribution in [2.24, 2.45) is 7.05 Å². The Balaban J connectivity index is 2.06. The monoisotopic (exact) mass is 341 g/mol. The zero-order chi connectivity index (χ0) is 14.5. The summed E-state index contributed by atoms with van der Waals surface area (Å²) in [6.07, 6.45) is 6.61. The fraction of sp³-hybridized carbons (Fsp3) is 0.667. The van der Waals surface area contributed by atoms with Gasteiger partial charge in [0, 0.05) is 36.8 Å². The Morgan fingerprint density at radius 2 is 2.35 bits per heavy atom. The van der Waals surface area contributed by atoms with Gasteiger partial charge in [0.15, 0.2) is 0 Å². The molecule has 4 nitrogen and oxygen atoms in total. The molecule has 0 aromatic carbocycles. The van der Waals surface area contributed by atoms with Gasteiger partial charge in [-0.2, -0.15) is 0 Å². The Bertz CT molecular complexity index is 452. The van der Waals surface area contributed by atoms with Gasteiger partial charge in [0.25, 0.3) is 5.91 Å². The molecule has 0 saturated carbocycles. The van der Waals surface area contributed by atoms with Gasteiger partial charge in [0.2, 0.25) is 0 Å². The first kappa shape index (κ1) is 15.6. The number of nitrogens with zero attached hydrogens (tertiary/aromatic N) is 2. The lowest BCUT2D eigenvalue weighted by molar-refractivity contribution is 0.0722. The van der Waals surface area contributed by atoms with Gasteiger partial charge >= 0.3 is 0 Å². The third-order valence-corrected chi connectivity index (χ3v) is 4.26. The zero-order valence-corrected chi connectivity index (χ0v) is 13.9. The largest absolute Gasteiger partial charge is 0.345 e. The smallest absolute Gasteiger partial charge is 0.270 e. The van der Waals surface area contributed by atoms with Gasteiger partial charge < -0.3 is 14.8 Å². The van der Waals surface area contributed by atoms with Crippen LogP contribution in [0.3, 0.4) is 0 Å². The number of carbonyl (C=O) groups is 1. The molecule has 1 N–H and O–H groups in total. The SMILES string of the molecule is CCCN(CC1CCCCN1)C(=O)c1cc(Br)cn1C. The van der Waals surface area contributed by atoms with Gasteiger partial charge in [-0.25, -0.2) is 0 Å². The molecule has 1 aliphatic heterocycles. The molecule has 5 heteroatoms. The van der Waals surface area contributed by atoms with Gasteiger partial charge in [-0.1, -0.05) is 13.3 Å². The topological polar surface area (TPSA) is 37.3 Å². The van der Waals surface area contributed by atoms with Crippen molar-refractivity contribution in [3.63, 3.8) is 0 Å². The van der Waals surface area contributed by atoms with Crippen molar-refractivity contribution < 1.29 is 4.79 Å². The normalized spacial score (nSPS) is 19.1. The zero-order valence-electron chi connectivity index (χ0n) is 12.4. The third kappa shape index (κ3) is 3.85. The first-order valence-electron chi connectivity index (χ1n) is 7.46. The van der Waals surface area contributed by atoms with Crippen molar-refractivity contribution in [1.82, 2.24) is 14.8 Å². The molecule has 0 radical (unpaired) electrons. The summed E-state index contributed by atoms with van der Waals surface area (Å²) in [6.45, 7) is 4.83. The number of amides is 1. The average molecular weight is 342 g/mol. The van der Waals surface area contributed by atoms with E-state index in [1.54, 1.807) is 0 Å². The maximum Gasteiger partial charge on any atom is 0.270 e. The molecule has 1 atom stereocenters. The third-order valence-electron chi connectivity index (χ3n) is 3.82. The van der Waals surface area contributed by atoms with Crippen LogP contribution in [0.4, 0.5) is 0 Å². The molecule has 112 valence electrons. The van der Waals surface area contributed by atoms with Crippen LogP contribution >= 0.6 is 15.9 Å². The quantitative estimate of drug-likeness (QED) is 0.894. The molecular weight excluding hydrogens is 318 g/mol. The van der Waals surface area contributed by atoms with Crippen molar-refractivity contribution >= 4 is 21.8 Å². The number of aromatic nitrogens is 1. The van der Waals surface area contributed by atoms with Crippen LogP contribution in [0.5, 0.6) is 0 Å². The molecule has 0 spiro atoms. The minimum Gasteiger partial charge on any atom is -0.345 e. The molecule has 1 amide bonds. The summed E-state index contributed by atoms with van der Waals surface area (Å²) in [7, 11) is 1.92. The molecule has 0 aliphatic carbocycles. The van der Waals surface area contributed by atoms with Crippen LogP contribution < -0.4 is 5.32 Å². The number of aryl methyl sites for hydroxylation is 1. The fourth-order valence-corrected chi connectivity index (χ4v) is 3.31. The number of carbonyl (C=O) groups excluding carboxylic acids is 1. The fourth-order valence-electron chi connectivity index (χ4n) is 2.79. The minimum atomic E-state index is 0.132. The van der Waals surface area contributed by atoms with Crippen molar-refractivity contribution in [2.75, 3.05) is 19.6 Å². The first-order chi connectivity index (χ1) is 9.61. The molecule has 1 saturated heterocycles. The number of rotatable bonds is 5.